The minimum absolute atomic E-state index is 0.0152. The summed E-state index contributed by atoms with van der Waals surface area (Å²) in [6, 6.07) is 9.19. The lowest BCUT2D eigenvalue weighted by molar-refractivity contribution is -0.121. The number of ether oxygens (including phenoxy) is 1. The van der Waals surface area contributed by atoms with E-state index in [9.17, 15) is 9.59 Å². The van der Waals surface area contributed by atoms with Gasteiger partial charge in [0.25, 0.3) is 5.91 Å². The largest absolute Gasteiger partial charge is 0.383 e. The molecule has 2 N–H and O–H groups in total. The van der Waals surface area contributed by atoms with Crippen LogP contribution in [0.25, 0.3) is 0 Å². The van der Waals surface area contributed by atoms with Crippen LogP contribution >= 0.6 is 11.3 Å². The molecule has 0 fully saturated rings. The van der Waals surface area contributed by atoms with E-state index in [-0.39, 0.29) is 11.8 Å². The Morgan fingerprint density at radius 3 is 2.75 bits per heavy atom. The number of amides is 2. The maximum absolute atomic E-state index is 12.1. The molecule has 0 radical (unpaired) electrons. The molecule has 1 aromatic heterocycles. The van der Waals surface area contributed by atoms with Crippen LogP contribution in [-0.2, 0) is 16.0 Å². The predicted octanol–water partition coefficient (Wildman–Crippen LogP) is 1.88. The van der Waals surface area contributed by atoms with Crippen molar-refractivity contribution in [3.05, 3.63) is 40.3 Å². The average Bonchev–Trinajstić information content (AvgIpc) is 3.05. The molecule has 0 aliphatic rings. The zero-order chi connectivity index (χ0) is 17.2. The first-order chi connectivity index (χ1) is 11.7. The second-order valence-electron chi connectivity index (χ2n) is 5.02. The highest BCUT2D eigenvalue weighted by Crippen LogP contribution is 2.15. The molecular formula is C16H20N4O3S. The van der Waals surface area contributed by atoms with Crippen LogP contribution in [0.15, 0.2) is 30.3 Å². The molecule has 8 heteroatoms. The fourth-order valence-electron chi connectivity index (χ4n) is 1.93. The number of carbonyl (C=O) groups is 2. The zero-order valence-electron chi connectivity index (χ0n) is 13.4. The van der Waals surface area contributed by atoms with Gasteiger partial charge in [0.15, 0.2) is 0 Å². The molecule has 0 aliphatic heterocycles. The van der Waals surface area contributed by atoms with Crippen LogP contribution in [0.2, 0.25) is 0 Å². The number of anilines is 1. The Hall–Kier alpha value is -2.32. The Bertz CT molecular complexity index is 660. The van der Waals surface area contributed by atoms with Crippen molar-refractivity contribution in [3.8, 4) is 0 Å². The van der Waals surface area contributed by atoms with Crippen LogP contribution in [0.1, 0.15) is 27.7 Å². The summed E-state index contributed by atoms with van der Waals surface area (Å²) in [6.07, 6.45) is 1.69. The van der Waals surface area contributed by atoms with Crippen LogP contribution in [0.5, 0.6) is 0 Å². The Balaban J connectivity index is 1.74. The molecule has 1 aromatic carbocycles. The number of hydrogen-bond acceptors (Lipinski definition) is 6. The summed E-state index contributed by atoms with van der Waals surface area (Å²) in [7, 11) is 1.59. The van der Waals surface area contributed by atoms with E-state index in [0.29, 0.717) is 43.1 Å². The summed E-state index contributed by atoms with van der Waals surface area (Å²) in [5, 5.41) is 14.5. The Kier molecular flexibility index (Phi) is 7.31. The second-order valence-corrected chi connectivity index (χ2v) is 6.08. The van der Waals surface area contributed by atoms with Gasteiger partial charge in [-0.25, -0.2) is 0 Å². The van der Waals surface area contributed by atoms with E-state index in [1.165, 1.54) is 11.3 Å². The van der Waals surface area contributed by atoms with E-state index in [1.807, 2.05) is 30.3 Å². The highest BCUT2D eigenvalue weighted by molar-refractivity contribution is 7.13. The number of nitrogens with one attached hydrogen (secondary N) is 2. The molecule has 0 unspecified atom stereocenters. The summed E-state index contributed by atoms with van der Waals surface area (Å²) in [5.41, 5.74) is 0.715. The van der Waals surface area contributed by atoms with E-state index in [1.54, 1.807) is 7.11 Å². The summed E-state index contributed by atoms with van der Waals surface area (Å²) in [5.74, 6) is -0.291. The lowest BCUT2D eigenvalue weighted by Crippen LogP contribution is -2.26. The van der Waals surface area contributed by atoms with Gasteiger partial charge >= 0.3 is 0 Å². The number of rotatable bonds is 9. The summed E-state index contributed by atoms with van der Waals surface area (Å²) >= 11 is 1.25. The fourth-order valence-corrected chi connectivity index (χ4v) is 2.71. The Morgan fingerprint density at radius 1 is 1.21 bits per heavy atom. The fraction of sp³-hybridized carbons (Fsp3) is 0.375. The van der Waals surface area contributed by atoms with Crippen molar-refractivity contribution in [3.63, 3.8) is 0 Å². The van der Waals surface area contributed by atoms with Gasteiger partial charge in [-0.1, -0.05) is 29.5 Å². The smallest absolute Gasteiger partial charge is 0.286 e. The molecule has 0 spiro atoms. The van der Waals surface area contributed by atoms with Crippen molar-refractivity contribution >= 4 is 28.8 Å². The first-order valence-corrected chi connectivity index (χ1v) is 8.45. The zero-order valence-corrected chi connectivity index (χ0v) is 14.3. The number of benzene rings is 1. The number of aromatic nitrogens is 2. The standard InChI is InChI=1S/C16H20N4O3S/c1-23-11-10-17-13(21)8-5-9-14-19-20-16(24-14)15(22)18-12-6-3-2-4-7-12/h2-4,6-7H,5,8-11H2,1H3,(H,17,21)(H,18,22). The molecule has 0 saturated heterocycles. The van der Waals surface area contributed by atoms with Crippen molar-refractivity contribution in [2.75, 3.05) is 25.6 Å². The van der Waals surface area contributed by atoms with Gasteiger partial charge in [0, 0.05) is 32.2 Å². The van der Waals surface area contributed by atoms with Crippen molar-refractivity contribution in [1.82, 2.24) is 15.5 Å². The molecule has 2 aromatic rings. The van der Waals surface area contributed by atoms with Crippen molar-refractivity contribution in [2.24, 2.45) is 0 Å². The molecule has 0 saturated carbocycles. The molecule has 24 heavy (non-hydrogen) atoms. The van der Waals surface area contributed by atoms with E-state index >= 15 is 0 Å². The van der Waals surface area contributed by atoms with Crippen molar-refractivity contribution < 1.29 is 14.3 Å². The number of methoxy groups -OCH3 is 1. The molecule has 2 amide bonds. The summed E-state index contributed by atoms with van der Waals surface area (Å²) in [6.45, 7) is 1.01. The topological polar surface area (TPSA) is 93.2 Å². The quantitative estimate of drug-likeness (QED) is 0.675. The first kappa shape index (κ1) is 18.0. The SMILES string of the molecule is COCCNC(=O)CCCc1nnc(C(=O)Nc2ccccc2)s1. The maximum atomic E-state index is 12.1. The Morgan fingerprint density at radius 2 is 2.00 bits per heavy atom. The average molecular weight is 348 g/mol. The minimum Gasteiger partial charge on any atom is -0.383 e. The van der Waals surface area contributed by atoms with Gasteiger partial charge in [-0.3, -0.25) is 9.59 Å². The maximum Gasteiger partial charge on any atom is 0.286 e. The predicted molar refractivity (Wildman–Crippen MR) is 92.1 cm³/mol. The lowest BCUT2D eigenvalue weighted by atomic mass is 10.2. The van der Waals surface area contributed by atoms with Crippen LogP contribution in [0.3, 0.4) is 0 Å². The normalized spacial score (nSPS) is 10.4. The highest BCUT2D eigenvalue weighted by atomic mass is 32.1. The summed E-state index contributed by atoms with van der Waals surface area (Å²) in [4.78, 5) is 23.6. The van der Waals surface area contributed by atoms with Gasteiger partial charge in [-0.15, -0.1) is 10.2 Å². The molecule has 1 heterocycles. The van der Waals surface area contributed by atoms with E-state index in [2.05, 4.69) is 20.8 Å². The number of para-hydroxylation sites is 1. The van der Waals surface area contributed by atoms with E-state index in [4.69, 9.17) is 4.74 Å². The number of hydrogen-bond donors (Lipinski definition) is 2. The highest BCUT2D eigenvalue weighted by Gasteiger charge is 2.13. The molecule has 128 valence electrons. The van der Waals surface area contributed by atoms with Gasteiger partial charge in [0.05, 0.1) is 6.61 Å². The molecule has 0 aliphatic carbocycles. The number of nitrogens with zero attached hydrogens (tertiary/aromatic N) is 2. The molecule has 2 rings (SSSR count). The van der Waals surface area contributed by atoms with Gasteiger partial charge < -0.3 is 15.4 Å². The monoisotopic (exact) mass is 348 g/mol. The van der Waals surface area contributed by atoms with Crippen LogP contribution in [0.4, 0.5) is 5.69 Å². The van der Waals surface area contributed by atoms with E-state index < -0.39 is 0 Å². The van der Waals surface area contributed by atoms with E-state index in [0.717, 1.165) is 5.01 Å². The van der Waals surface area contributed by atoms with Crippen molar-refractivity contribution in [1.29, 1.82) is 0 Å². The minimum atomic E-state index is -0.276. The Labute approximate surface area is 144 Å². The first-order valence-electron chi connectivity index (χ1n) is 7.63. The lowest BCUT2D eigenvalue weighted by Gasteiger charge is -2.03. The van der Waals surface area contributed by atoms with Crippen LogP contribution < -0.4 is 10.6 Å². The molecule has 7 nitrogen and oxygen atoms in total. The van der Waals surface area contributed by atoms with Crippen LogP contribution in [-0.4, -0.2) is 42.3 Å². The third-order valence-electron chi connectivity index (χ3n) is 3.12. The summed E-state index contributed by atoms with van der Waals surface area (Å²) < 4.78 is 4.86. The third kappa shape index (κ3) is 6.05. The van der Waals surface area contributed by atoms with Gasteiger partial charge in [-0.2, -0.15) is 0 Å². The van der Waals surface area contributed by atoms with Gasteiger partial charge in [0.1, 0.15) is 5.01 Å². The third-order valence-corrected chi connectivity index (χ3v) is 4.10. The number of aryl methyl sites for hydroxylation is 1. The molecule has 0 atom stereocenters. The van der Waals surface area contributed by atoms with Crippen LogP contribution in [0, 0.1) is 0 Å². The van der Waals surface area contributed by atoms with Gasteiger partial charge in [-0.05, 0) is 18.6 Å². The van der Waals surface area contributed by atoms with Crippen molar-refractivity contribution in [2.45, 2.75) is 19.3 Å². The van der Waals surface area contributed by atoms with Gasteiger partial charge in [0.2, 0.25) is 10.9 Å². The second kappa shape index (κ2) is 9.74. The molecular weight excluding hydrogens is 328 g/mol. The number of carbonyl (C=O) groups excluding carboxylic acids is 2. The molecule has 0 bridgehead atoms.